The van der Waals surface area contributed by atoms with Crippen LogP contribution in [-0.2, 0) is 0 Å². The molecule has 5 heteroatoms. The van der Waals surface area contributed by atoms with E-state index in [2.05, 4.69) is 15.9 Å². The van der Waals surface area contributed by atoms with Crippen LogP contribution in [-0.4, -0.2) is 20.0 Å². The van der Waals surface area contributed by atoms with Gasteiger partial charge >= 0.3 is 0 Å². The molecule has 0 aromatic heterocycles. The zero-order chi connectivity index (χ0) is 15.6. The van der Waals surface area contributed by atoms with Gasteiger partial charge in [-0.25, -0.2) is 4.39 Å². The summed E-state index contributed by atoms with van der Waals surface area (Å²) in [4.78, 5) is 12.5. The number of hydrogen-bond acceptors (Lipinski definition) is 3. The van der Waals surface area contributed by atoms with Gasteiger partial charge in [0.15, 0.2) is 17.3 Å². The molecule has 110 valence electrons. The van der Waals surface area contributed by atoms with Crippen LogP contribution in [0.5, 0.6) is 11.5 Å². The maximum absolute atomic E-state index is 13.3. The first kappa shape index (κ1) is 15.5. The second-order valence-corrected chi connectivity index (χ2v) is 5.33. The quantitative estimate of drug-likeness (QED) is 0.775. The summed E-state index contributed by atoms with van der Waals surface area (Å²) in [6, 6.07) is 7.55. The Morgan fingerprint density at radius 2 is 1.71 bits per heavy atom. The molecule has 0 heterocycles. The minimum absolute atomic E-state index is 0.217. The van der Waals surface area contributed by atoms with E-state index < -0.39 is 0 Å². The molecular formula is C16H14BrFO3. The average Bonchev–Trinajstić information content (AvgIpc) is 2.49. The lowest BCUT2D eigenvalue weighted by Gasteiger charge is -2.11. The number of carbonyl (C=O) groups excluding carboxylic acids is 1. The Labute approximate surface area is 130 Å². The van der Waals surface area contributed by atoms with Gasteiger partial charge in [0.25, 0.3) is 0 Å². The molecule has 0 unspecified atom stereocenters. The lowest BCUT2D eigenvalue weighted by Crippen LogP contribution is -2.04. The molecule has 2 aromatic rings. The number of methoxy groups -OCH3 is 2. The molecule has 0 amide bonds. The van der Waals surface area contributed by atoms with Gasteiger partial charge in [-0.2, -0.15) is 0 Å². The van der Waals surface area contributed by atoms with Crippen molar-refractivity contribution in [2.45, 2.75) is 6.92 Å². The summed E-state index contributed by atoms with van der Waals surface area (Å²) in [5.74, 6) is 0.433. The maximum Gasteiger partial charge on any atom is 0.194 e. The Morgan fingerprint density at radius 3 is 2.29 bits per heavy atom. The van der Waals surface area contributed by atoms with E-state index in [4.69, 9.17) is 9.47 Å². The topological polar surface area (TPSA) is 35.5 Å². The number of halogens is 2. The van der Waals surface area contributed by atoms with Gasteiger partial charge in [0.1, 0.15) is 5.82 Å². The molecule has 0 atom stereocenters. The SMILES string of the molecule is COc1cc(Br)c(C(=O)c2ccc(F)c(C)c2)cc1OC. The fraction of sp³-hybridized carbons (Fsp3) is 0.188. The minimum atomic E-state index is -0.335. The summed E-state index contributed by atoms with van der Waals surface area (Å²) in [6.07, 6.45) is 0. The van der Waals surface area contributed by atoms with Crippen molar-refractivity contribution in [1.82, 2.24) is 0 Å². The Morgan fingerprint density at radius 1 is 1.10 bits per heavy atom. The molecule has 0 radical (unpaired) electrons. The third-order valence-corrected chi connectivity index (χ3v) is 3.79. The highest BCUT2D eigenvalue weighted by atomic mass is 79.9. The van der Waals surface area contributed by atoms with Gasteiger partial charge in [-0.15, -0.1) is 0 Å². The summed E-state index contributed by atoms with van der Waals surface area (Å²) >= 11 is 3.35. The normalized spacial score (nSPS) is 10.3. The zero-order valence-electron chi connectivity index (χ0n) is 11.9. The van der Waals surface area contributed by atoms with Crippen molar-refractivity contribution in [1.29, 1.82) is 0 Å². The number of carbonyl (C=O) groups is 1. The van der Waals surface area contributed by atoms with Crippen molar-refractivity contribution in [2.24, 2.45) is 0 Å². The van der Waals surface area contributed by atoms with Crippen molar-refractivity contribution in [3.05, 3.63) is 57.3 Å². The number of ether oxygens (including phenoxy) is 2. The van der Waals surface area contributed by atoms with Gasteiger partial charge in [0.2, 0.25) is 0 Å². The lowest BCUT2D eigenvalue weighted by atomic mass is 10.0. The molecule has 0 N–H and O–H groups in total. The molecule has 0 saturated heterocycles. The molecule has 0 spiro atoms. The van der Waals surface area contributed by atoms with Crippen molar-refractivity contribution in [3.63, 3.8) is 0 Å². The highest BCUT2D eigenvalue weighted by molar-refractivity contribution is 9.10. The number of aryl methyl sites for hydroxylation is 1. The monoisotopic (exact) mass is 352 g/mol. The van der Waals surface area contributed by atoms with Crippen molar-refractivity contribution in [2.75, 3.05) is 14.2 Å². The lowest BCUT2D eigenvalue weighted by molar-refractivity contribution is 0.103. The molecule has 0 saturated carbocycles. The van der Waals surface area contributed by atoms with Crippen LogP contribution >= 0.6 is 15.9 Å². The van der Waals surface area contributed by atoms with Crippen molar-refractivity contribution >= 4 is 21.7 Å². The van der Waals surface area contributed by atoms with Crippen LogP contribution in [0.4, 0.5) is 4.39 Å². The molecule has 3 nitrogen and oxygen atoms in total. The van der Waals surface area contributed by atoms with Gasteiger partial charge in [-0.1, -0.05) is 0 Å². The van der Waals surface area contributed by atoms with Crippen LogP contribution in [0.2, 0.25) is 0 Å². The fourth-order valence-corrected chi connectivity index (χ4v) is 2.47. The van der Waals surface area contributed by atoms with E-state index in [0.717, 1.165) is 0 Å². The van der Waals surface area contributed by atoms with E-state index in [9.17, 15) is 9.18 Å². The van der Waals surface area contributed by atoms with Crippen LogP contribution in [0.15, 0.2) is 34.8 Å². The number of hydrogen-bond donors (Lipinski definition) is 0. The second-order valence-electron chi connectivity index (χ2n) is 4.48. The van der Waals surface area contributed by atoms with E-state index >= 15 is 0 Å². The minimum Gasteiger partial charge on any atom is -0.493 e. The van der Waals surface area contributed by atoms with Crippen LogP contribution in [0.25, 0.3) is 0 Å². The van der Waals surface area contributed by atoms with Gasteiger partial charge < -0.3 is 9.47 Å². The molecule has 0 aliphatic heterocycles. The highest BCUT2D eigenvalue weighted by Gasteiger charge is 2.17. The molecule has 0 bridgehead atoms. The van der Waals surface area contributed by atoms with Gasteiger partial charge in [0.05, 0.1) is 14.2 Å². The third kappa shape index (κ3) is 3.08. The molecule has 0 aliphatic rings. The van der Waals surface area contributed by atoms with E-state index in [1.54, 1.807) is 19.1 Å². The summed E-state index contributed by atoms with van der Waals surface area (Å²) in [5.41, 5.74) is 1.28. The highest BCUT2D eigenvalue weighted by Crippen LogP contribution is 2.34. The molecule has 2 aromatic carbocycles. The summed E-state index contributed by atoms with van der Waals surface area (Å²) in [6.45, 7) is 1.62. The maximum atomic E-state index is 13.3. The summed E-state index contributed by atoms with van der Waals surface area (Å²) < 4.78 is 24.3. The average molecular weight is 353 g/mol. The Bertz CT molecular complexity index is 698. The summed E-state index contributed by atoms with van der Waals surface area (Å²) in [7, 11) is 3.02. The first-order valence-electron chi connectivity index (χ1n) is 6.20. The summed E-state index contributed by atoms with van der Waals surface area (Å²) in [5, 5.41) is 0. The second kappa shape index (κ2) is 6.26. The standard InChI is InChI=1S/C16H14BrFO3/c1-9-6-10(4-5-13(9)18)16(19)11-7-14(20-2)15(21-3)8-12(11)17/h4-8H,1-3H3. The predicted molar refractivity (Wildman–Crippen MR) is 81.8 cm³/mol. The zero-order valence-corrected chi connectivity index (χ0v) is 13.5. The Kier molecular flexibility index (Phi) is 4.63. The molecule has 0 fully saturated rings. The molecule has 21 heavy (non-hydrogen) atoms. The van der Waals surface area contributed by atoms with Crippen LogP contribution in [0.3, 0.4) is 0 Å². The smallest absolute Gasteiger partial charge is 0.194 e. The van der Waals surface area contributed by atoms with Crippen LogP contribution < -0.4 is 9.47 Å². The largest absolute Gasteiger partial charge is 0.493 e. The number of rotatable bonds is 4. The van der Waals surface area contributed by atoms with Gasteiger partial charge in [-0.05, 0) is 58.7 Å². The van der Waals surface area contributed by atoms with Crippen LogP contribution in [0, 0.1) is 12.7 Å². The van der Waals surface area contributed by atoms with E-state index in [-0.39, 0.29) is 11.6 Å². The molecule has 2 rings (SSSR count). The van der Waals surface area contributed by atoms with Gasteiger partial charge in [0, 0.05) is 15.6 Å². The van der Waals surface area contributed by atoms with E-state index in [0.29, 0.717) is 32.7 Å². The fourth-order valence-electron chi connectivity index (χ4n) is 1.97. The van der Waals surface area contributed by atoms with E-state index in [1.165, 1.54) is 32.4 Å². The van der Waals surface area contributed by atoms with Crippen LogP contribution in [0.1, 0.15) is 21.5 Å². The third-order valence-electron chi connectivity index (χ3n) is 3.14. The Hall–Kier alpha value is -1.88. The first-order valence-corrected chi connectivity index (χ1v) is 6.99. The number of benzene rings is 2. The molecular weight excluding hydrogens is 339 g/mol. The number of ketones is 1. The van der Waals surface area contributed by atoms with Crippen molar-refractivity contribution < 1.29 is 18.7 Å². The van der Waals surface area contributed by atoms with Gasteiger partial charge in [-0.3, -0.25) is 4.79 Å². The van der Waals surface area contributed by atoms with Crippen molar-refractivity contribution in [3.8, 4) is 11.5 Å². The molecule has 0 aliphatic carbocycles. The Balaban J connectivity index is 2.50. The first-order chi connectivity index (χ1) is 9.97. The van der Waals surface area contributed by atoms with E-state index in [1.807, 2.05) is 0 Å². The predicted octanol–water partition coefficient (Wildman–Crippen LogP) is 4.14.